The number of nitrogens with zero attached hydrogens (tertiary/aromatic N) is 1. The second-order valence-corrected chi connectivity index (χ2v) is 6.81. The van der Waals surface area contributed by atoms with Crippen molar-refractivity contribution in [1.29, 1.82) is 0 Å². The summed E-state index contributed by atoms with van der Waals surface area (Å²) in [6, 6.07) is 2.06. The minimum absolute atomic E-state index is 0.168. The summed E-state index contributed by atoms with van der Waals surface area (Å²) in [5.74, 6) is 0.168. The van der Waals surface area contributed by atoms with Crippen LogP contribution >= 0.6 is 27.3 Å². The zero-order valence-electron chi connectivity index (χ0n) is 10.7. The molecule has 0 radical (unpaired) electrons. The van der Waals surface area contributed by atoms with Gasteiger partial charge in [-0.3, -0.25) is 4.79 Å². The van der Waals surface area contributed by atoms with Crippen LogP contribution in [-0.2, 0) is 16.1 Å². The molecule has 1 aliphatic rings. The summed E-state index contributed by atoms with van der Waals surface area (Å²) < 4.78 is 6.58. The number of hydrogen-bond acceptors (Lipinski definition) is 3. The molecule has 5 heteroatoms. The third kappa shape index (κ3) is 3.13. The van der Waals surface area contributed by atoms with Crippen LogP contribution in [0, 0.1) is 0 Å². The molecule has 0 saturated heterocycles. The van der Waals surface area contributed by atoms with Crippen molar-refractivity contribution in [1.82, 2.24) is 4.90 Å². The van der Waals surface area contributed by atoms with Gasteiger partial charge in [-0.1, -0.05) is 0 Å². The highest BCUT2D eigenvalue weighted by Crippen LogP contribution is 2.38. The quantitative estimate of drug-likeness (QED) is 0.827. The van der Waals surface area contributed by atoms with E-state index in [1.54, 1.807) is 23.3 Å². The van der Waals surface area contributed by atoms with Gasteiger partial charge in [-0.05, 0) is 41.3 Å². The van der Waals surface area contributed by atoms with E-state index in [-0.39, 0.29) is 11.5 Å². The number of halogens is 1. The van der Waals surface area contributed by atoms with Gasteiger partial charge in [0.1, 0.15) is 0 Å². The summed E-state index contributed by atoms with van der Waals surface area (Å²) in [4.78, 5) is 15.1. The van der Waals surface area contributed by atoms with E-state index >= 15 is 0 Å². The normalized spacial score (nSPS) is 17.3. The lowest BCUT2D eigenvalue weighted by Gasteiger charge is -2.40. The monoisotopic (exact) mass is 331 g/mol. The van der Waals surface area contributed by atoms with E-state index in [1.807, 2.05) is 12.4 Å². The Kier molecular flexibility index (Phi) is 4.45. The van der Waals surface area contributed by atoms with Crippen LogP contribution in [0.25, 0.3) is 0 Å². The fourth-order valence-electron chi connectivity index (χ4n) is 2.19. The number of methoxy groups -OCH3 is 1. The Labute approximate surface area is 120 Å². The van der Waals surface area contributed by atoms with Gasteiger partial charge in [0, 0.05) is 28.9 Å². The number of hydrogen-bond donors (Lipinski definition) is 0. The van der Waals surface area contributed by atoms with Crippen LogP contribution in [0.2, 0.25) is 0 Å². The first-order chi connectivity index (χ1) is 8.54. The molecule has 0 unspecified atom stereocenters. The Morgan fingerprint density at radius 2 is 2.33 bits per heavy atom. The van der Waals surface area contributed by atoms with Gasteiger partial charge in [0.05, 0.1) is 18.6 Å². The fourth-order valence-corrected chi connectivity index (χ4v) is 3.70. The van der Waals surface area contributed by atoms with E-state index in [0.717, 1.165) is 17.3 Å². The Morgan fingerprint density at radius 3 is 2.78 bits per heavy atom. The maximum Gasteiger partial charge on any atom is 0.225 e. The summed E-state index contributed by atoms with van der Waals surface area (Å²) in [6.45, 7) is 0.675. The number of rotatable bonds is 5. The van der Waals surface area contributed by atoms with E-state index in [0.29, 0.717) is 13.0 Å². The van der Waals surface area contributed by atoms with Crippen LogP contribution in [0.1, 0.15) is 30.6 Å². The Balaban J connectivity index is 1.88. The SMILES string of the molecule is COC1(CC(=O)N(C)Cc2cc(Br)cs2)CCC1. The highest BCUT2D eigenvalue weighted by atomic mass is 79.9. The first kappa shape index (κ1) is 14.0. The number of thiophene rings is 1. The van der Waals surface area contributed by atoms with Gasteiger partial charge < -0.3 is 9.64 Å². The maximum atomic E-state index is 12.2. The van der Waals surface area contributed by atoms with Crippen LogP contribution in [0.5, 0.6) is 0 Å². The molecule has 1 heterocycles. The van der Waals surface area contributed by atoms with Gasteiger partial charge in [-0.2, -0.15) is 0 Å². The fraction of sp³-hybridized carbons (Fsp3) is 0.615. The topological polar surface area (TPSA) is 29.5 Å². The van der Waals surface area contributed by atoms with Crippen molar-refractivity contribution >= 4 is 33.2 Å². The highest BCUT2D eigenvalue weighted by Gasteiger charge is 2.39. The van der Waals surface area contributed by atoms with Crippen molar-refractivity contribution < 1.29 is 9.53 Å². The van der Waals surface area contributed by atoms with Gasteiger partial charge in [-0.25, -0.2) is 0 Å². The minimum Gasteiger partial charge on any atom is -0.378 e. The molecule has 3 nitrogen and oxygen atoms in total. The van der Waals surface area contributed by atoms with E-state index in [1.165, 1.54) is 11.3 Å². The molecule has 0 bridgehead atoms. The molecule has 100 valence electrons. The van der Waals surface area contributed by atoms with Gasteiger partial charge >= 0.3 is 0 Å². The van der Waals surface area contributed by atoms with E-state index < -0.39 is 0 Å². The van der Waals surface area contributed by atoms with Crippen LogP contribution in [0.4, 0.5) is 0 Å². The Hall–Kier alpha value is -0.390. The number of carbonyl (C=O) groups is 1. The van der Waals surface area contributed by atoms with Crippen LogP contribution in [0.3, 0.4) is 0 Å². The largest absolute Gasteiger partial charge is 0.378 e. The van der Waals surface area contributed by atoms with Gasteiger partial charge in [-0.15, -0.1) is 11.3 Å². The lowest BCUT2D eigenvalue weighted by molar-refractivity contribution is -0.143. The highest BCUT2D eigenvalue weighted by molar-refractivity contribution is 9.10. The second kappa shape index (κ2) is 5.72. The van der Waals surface area contributed by atoms with Gasteiger partial charge in [0.25, 0.3) is 0 Å². The molecule has 1 fully saturated rings. The Morgan fingerprint density at radius 1 is 1.61 bits per heavy atom. The van der Waals surface area contributed by atoms with Crippen molar-refractivity contribution in [2.45, 2.75) is 37.8 Å². The van der Waals surface area contributed by atoms with Crippen molar-refractivity contribution in [2.24, 2.45) is 0 Å². The molecule has 0 N–H and O–H groups in total. The van der Waals surface area contributed by atoms with Crippen molar-refractivity contribution in [2.75, 3.05) is 14.2 Å². The zero-order valence-corrected chi connectivity index (χ0v) is 13.1. The van der Waals surface area contributed by atoms with E-state index in [9.17, 15) is 4.79 Å². The standard InChI is InChI=1S/C13H18BrNO2S/c1-15(8-11-6-10(14)9-18-11)12(16)7-13(17-2)4-3-5-13/h6,9H,3-5,7-8H2,1-2H3. The molecule has 2 rings (SSSR count). The first-order valence-electron chi connectivity index (χ1n) is 6.07. The van der Waals surface area contributed by atoms with Crippen LogP contribution in [0.15, 0.2) is 15.9 Å². The van der Waals surface area contributed by atoms with Crippen molar-refractivity contribution in [3.63, 3.8) is 0 Å². The van der Waals surface area contributed by atoms with E-state index in [4.69, 9.17) is 4.74 Å². The van der Waals surface area contributed by atoms with Crippen LogP contribution < -0.4 is 0 Å². The molecule has 1 saturated carbocycles. The summed E-state index contributed by atoms with van der Waals surface area (Å²) in [7, 11) is 3.57. The van der Waals surface area contributed by atoms with Crippen molar-refractivity contribution in [3.8, 4) is 0 Å². The lowest BCUT2D eigenvalue weighted by Crippen LogP contribution is -2.44. The number of amides is 1. The summed E-state index contributed by atoms with van der Waals surface area (Å²) in [5.41, 5.74) is -0.179. The average molecular weight is 332 g/mol. The van der Waals surface area contributed by atoms with E-state index in [2.05, 4.69) is 22.0 Å². The zero-order chi connectivity index (χ0) is 13.2. The van der Waals surface area contributed by atoms with Crippen molar-refractivity contribution in [3.05, 3.63) is 20.8 Å². The smallest absolute Gasteiger partial charge is 0.225 e. The molecule has 1 aliphatic carbocycles. The molecule has 18 heavy (non-hydrogen) atoms. The molecular weight excluding hydrogens is 314 g/mol. The lowest BCUT2D eigenvalue weighted by atomic mass is 9.77. The average Bonchev–Trinajstić information content (AvgIpc) is 2.69. The molecular formula is C13H18BrNO2S. The first-order valence-corrected chi connectivity index (χ1v) is 7.74. The molecule has 1 amide bonds. The molecule has 1 aromatic rings. The molecule has 0 aliphatic heterocycles. The molecule has 0 spiro atoms. The second-order valence-electron chi connectivity index (χ2n) is 4.90. The molecule has 0 atom stereocenters. The van der Waals surface area contributed by atoms with Gasteiger partial charge in [0.15, 0.2) is 0 Å². The third-order valence-corrected chi connectivity index (χ3v) is 5.29. The summed E-state index contributed by atoms with van der Waals surface area (Å²) in [5, 5.41) is 2.04. The van der Waals surface area contributed by atoms with Gasteiger partial charge in [0.2, 0.25) is 5.91 Å². The number of ether oxygens (including phenoxy) is 1. The van der Waals surface area contributed by atoms with Crippen LogP contribution in [-0.4, -0.2) is 30.6 Å². The molecule has 1 aromatic heterocycles. The third-order valence-electron chi connectivity index (χ3n) is 3.61. The summed E-state index contributed by atoms with van der Waals surface area (Å²) in [6.07, 6.45) is 3.69. The minimum atomic E-state index is -0.179. The predicted octanol–water partition coefficient (Wildman–Crippen LogP) is 3.43. The predicted molar refractivity (Wildman–Crippen MR) is 76.7 cm³/mol. The summed E-state index contributed by atoms with van der Waals surface area (Å²) >= 11 is 5.09. The Bertz CT molecular complexity index is 423. The number of carbonyl (C=O) groups excluding carboxylic acids is 1. The maximum absolute atomic E-state index is 12.2. The molecule has 0 aromatic carbocycles.